The zero-order chi connectivity index (χ0) is 7.42. The molecular formula is C11H16. The van der Waals surface area contributed by atoms with Gasteiger partial charge in [-0.2, -0.15) is 0 Å². The Hall–Kier alpha value is -0.260. The van der Waals surface area contributed by atoms with Gasteiger partial charge in [-0.05, 0) is 48.9 Å². The van der Waals surface area contributed by atoms with Crippen molar-refractivity contribution in [1.29, 1.82) is 0 Å². The maximum atomic E-state index is 2.50. The fourth-order valence-electron chi connectivity index (χ4n) is 3.88. The molecule has 0 saturated heterocycles. The van der Waals surface area contributed by atoms with E-state index in [1.807, 2.05) is 0 Å². The Labute approximate surface area is 68.7 Å². The Morgan fingerprint density at radius 3 is 3.00 bits per heavy atom. The summed E-state index contributed by atoms with van der Waals surface area (Å²) in [6, 6.07) is 0. The zero-order valence-corrected chi connectivity index (χ0v) is 7.16. The van der Waals surface area contributed by atoms with Gasteiger partial charge in [-0.3, -0.25) is 0 Å². The molecule has 5 atom stereocenters. The van der Waals surface area contributed by atoms with Gasteiger partial charge >= 0.3 is 0 Å². The monoisotopic (exact) mass is 148 g/mol. The predicted molar refractivity (Wildman–Crippen MR) is 46.1 cm³/mol. The van der Waals surface area contributed by atoms with Gasteiger partial charge in [0.2, 0.25) is 0 Å². The van der Waals surface area contributed by atoms with Crippen LogP contribution in [0.15, 0.2) is 12.2 Å². The average Bonchev–Trinajstić information content (AvgIpc) is 2.52. The standard InChI is InChI=1S/C11H16/c1-7-5-8-6-11(7)10-4-2-3-9(8)10/h2,4,7-11H,3,5-6H2,1H3/t7-,8?,9-,10?,11-/m1/s1. The molecule has 0 amide bonds. The van der Waals surface area contributed by atoms with Gasteiger partial charge in [-0.15, -0.1) is 0 Å². The third-order valence-electron chi connectivity index (χ3n) is 4.34. The summed E-state index contributed by atoms with van der Waals surface area (Å²) in [5.41, 5.74) is 0. The van der Waals surface area contributed by atoms with Crippen molar-refractivity contribution in [2.24, 2.45) is 29.6 Å². The molecule has 0 spiro atoms. The Kier molecular flexibility index (Phi) is 1.09. The highest BCUT2D eigenvalue weighted by Crippen LogP contribution is 2.58. The van der Waals surface area contributed by atoms with Crippen LogP contribution < -0.4 is 0 Å². The molecule has 0 heteroatoms. The van der Waals surface area contributed by atoms with Crippen LogP contribution >= 0.6 is 0 Å². The van der Waals surface area contributed by atoms with E-state index in [1.165, 1.54) is 12.8 Å². The molecule has 3 aliphatic rings. The van der Waals surface area contributed by atoms with Crippen LogP contribution in [0.25, 0.3) is 0 Å². The van der Waals surface area contributed by atoms with Crippen molar-refractivity contribution in [2.75, 3.05) is 0 Å². The van der Waals surface area contributed by atoms with Crippen molar-refractivity contribution in [3.8, 4) is 0 Å². The lowest BCUT2D eigenvalue weighted by molar-refractivity contribution is 0.225. The molecule has 0 N–H and O–H groups in total. The van der Waals surface area contributed by atoms with Crippen LogP contribution in [0.3, 0.4) is 0 Å². The molecule has 0 aromatic carbocycles. The van der Waals surface area contributed by atoms with E-state index < -0.39 is 0 Å². The summed E-state index contributed by atoms with van der Waals surface area (Å²) in [5, 5.41) is 0. The van der Waals surface area contributed by atoms with Crippen molar-refractivity contribution in [2.45, 2.75) is 26.2 Å². The SMILES string of the molecule is C[C@@H]1CC2C[C@H]1C1C=CC[C@H]21. The van der Waals surface area contributed by atoms with Crippen molar-refractivity contribution in [3.05, 3.63) is 12.2 Å². The fraction of sp³-hybridized carbons (Fsp3) is 0.818. The molecule has 2 bridgehead atoms. The molecule has 2 saturated carbocycles. The summed E-state index contributed by atoms with van der Waals surface area (Å²) in [4.78, 5) is 0. The van der Waals surface area contributed by atoms with Crippen LogP contribution in [0.1, 0.15) is 26.2 Å². The molecule has 3 aliphatic carbocycles. The second-order valence-corrected chi connectivity index (χ2v) is 4.78. The van der Waals surface area contributed by atoms with Crippen molar-refractivity contribution in [3.63, 3.8) is 0 Å². The summed E-state index contributed by atoms with van der Waals surface area (Å²) in [7, 11) is 0. The molecule has 0 aromatic heterocycles. The van der Waals surface area contributed by atoms with Crippen molar-refractivity contribution in [1.82, 2.24) is 0 Å². The number of hydrogen-bond donors (Lipinski definition) is 0. The Bertz CT molecular complexity index is 204. The maximum Gasteiger partial charge on any atom is -0.0169 e. The zero-order valence-electron chi connectivity index (χ0n) is 7.16. The molecule has 2 fully saturated rings. The molecule has 0 heterocycles. The van der Waals surface area contributed by atoms with Crippen LogP contribution in [-0.2, 0) is 0 Å². The molecule has 60 valence electrons. The van der Waals surface area contributed by atoms with E-state index in [9.17, 15) is 0 Å². The first kappa shape index (κ1) is 6.28. The van der Waals surface area contributed by atoms with E-state index >= 15 is 0 Å². The highest BCUT2D eigenvalue weighted by molar-refractivity contribution is 5.13. The molecule has 2 unspecified atom stereocenters. The van der Waals surface area contributed by atoms with Crippen LogP contribution in [0.2, 0.25) is 0 Å². The molecule has 0 nitrogen and oxygen atoms in total. The minimum Gasteiger partial charge on any atom is -0.0879 e. The van der Waals surface area contributed by atoms with E-state index in [1.54, 1.807) is 6.42 Å². The van der Waals surface area contributed by atoms with Gasteiger partial charge in [0, 0.05) is 0 Å². The van der Waals surface area contributed by atoms with E-state index in [2.05, 4.69) is 19.1 Å². The second kappa shape index (κ2) is 1.91. The summed E-state index contributed by atoms with van der Waals surface area (Å²) in [5.74, 6) is 5.29. The Morgan fingerprint density at radius 2 is 2.09 bits per heavy atom. The van der Waals surface area contributed by atoms with E-state index in [-0.39, 0.29) is 0 Å². The third-order valence-corrected chi connectivity index (χ3v) is 4.34. The molecule has 0 aliphatic heterocycles. The highest BCUT2D eigenvalue weighted by atomic mass is 14.5. The predicted octanol–water partition coefficient (Wildman–Crippen LogP) is 2.85. The van der Waals surface area contributed by atoms with Crippen molar-refractivity contribution >= 4 is 0 Å². The topological polar surface area (TPSA) is 0 Å². The number of hydrogen-bond acceptors (Lipinski definition) is 0. The molecule has 11 heavy (non-hydrogen) atoms. The second-order valence-electron chi connectivity index (χ2n) is 4.78. The Morgan fingerprint density at radius 1 is 1.18 bits per heavy atom. The minimum atomic E-state index is 1.00. The highest BCUT2D eigenvalue weighted by Gasteiger charge is 2.50. The average molecular weight is 148 g/mol. The summed E-state index contributed by atoms with van der Waals surface area (Å²) in [6.45, 7) is 2.45. The van der Waals surface area contributed by atoms with Gasteiger partial charge in [0.1, 0.15) is 0 Å². The van der Waals surface area contributed by atoms with Crippen LogP contribution in [0, 0.1) is 29.6 Å². The summed E-state index contributed by atoms with van der Waals surface area (Å²) >= 11 is 0. The fourth-order valence-corrected chi connectivity index (χ4v) is 3.88. The first-order chi connectivity index (χ1) is 5.36. The normalized spacial score (nSPS) is 58.8. The lowest BCUT2D eigenvalue weighted by Gasteiger charge is -2.28. The molecule has 0 aromatic rings. The Balaban J connectivity index is 1.94. The quantitative estimate of drug-likeness (QED) is 0.463. The smallest absolute Gasteiger partial charge is 0.0169 e. The van der Waals surface area contributed by atoms with Gasteiger partial charge in [0.25, 0.3) is 0 Å². The van der Waals surface area contributed by atoms with Gasteiger partial charge in [-0.1, -0.05) is 19.1 Å². The third kappa shape index (κ3) is 0.660. The molecule has 3 rings (SSSR count). The van der Waals surface area contributed by atoms with Crippen LogP contribution in [0.4, 0.5) is 0 Å². The molecule has 0 radical (unpaired) electrons. The molecular weight excluding hydrogens is 132 g/mol. The van der Waals surface area contributed by atoms with E-state index in [0.717, 1.165) is 29.6 Å². The summed E-state index contributed by atoms with van der Waals surface area (Å²) < 4.78 is 0. The van der Waals surface area contributed by atoms with Crippen molar-refractivity contribution < 1.29 is 0 Å². The van der Waals surface area contributed by atoms with Crippen LogP contribution in [-0.4, -0.2) is 0 Å². The maximum absolute atomic E-state index is 2.50. The number of fused-ring (bicyclic) bond motifs is 5. The first-order valence-corrected chi connectivity index (χ1v) is 5.03. The summed E-state index contributed by atoms with van der Waals surface area (Å²) in [6.07, 6.45) is 9.42. The van der Waals surface area contributed by atoms with Crippen LogP contribution in [0.5, 0.6) is 0 Å². The van der Waals surface area contributed by atoms with E-state index in [4.69, 9.17) is 0 Å². The number of rotatable bonds is 0. The lowest BCUT2D eigenvalue weighted by Crippen LogP contribution is -2.22. The van der Waals surface area contributed by atoms with Gasteiger partial charge in [-0.25, -0.2) is 0 Å². The first-order valence-electron chi connectivity index (χ1n) is 5.03. The lowest BCUT2D eigenvalue weighted by atomic mass is 9.76. The van der Waals surface area contributed by atoms with Gasteiger partial charge < -0.3 is 0 Å². The van der Waals surface area contributed by atoms with Gasteiger partial charge in [0.15, 0.2) is 0 Å². The van der Waals surface area contributed by atoms with E-state index in [0.29, 0.717) is 0 Å². The van der Waals surface area contributed by atoms with Gasteiger partial charge in [0.05, 0.1) is 0 Å². The number of allylic oxidation sites excluding steroid dienone is 2. The minimum absolute atomic E-state index is 1.00. The largest absolute Gasteiger partial charge is 0.0879 e.